The van der Waals surface area contributed by atoms with Gasteiger partial charge in [-0.15, -0.1) is 0 Å². The molecule has 1 fully saturated rings. The molecule has 6 nitrogen and oxygen atoms in total. The molecule has 1 heterocycles. The molecule has 1 aromatic carbocycles. The topological polar surface area (TPSA) is 92.4 Å². The molecule has 0 radical (unpaired) electrons. The second-order valence-electron chi connectivity index (χ2n) is 8.17. The number of hydrogen-bond donors (Lipinski definition) is 2. The summed E-state index contributed by atoms with van der Waals surface area (Å²) in [6.45, 7) is 1.87. The maximum Gasteiger partial charge on any atom is 0.309 e. The molecule has 0 spiro atoms. The van der Waals surface area contributed by atoms with Crippen molar-refractivity contribution in [2.75, 3.05) is 0 Å². The molecule has 2 N–H and O–H groups in total. The van der Waals surface area contributed by atoms with Crippen LogP contribution in [-0.2, 0) is 17.6 Å². The molecule has 7 heteroatoms. The molecule has 0 amide bonds. The summed E-state index contributed by atoms with van der Waals surface area (Å²) in [5.41, 5.74) is 3.79. The average Bonchev–Trinajstić information content (AvgIpc) is 3.07. The number of aliphatic hydroxyl groups excluding tert-OH is 1. The Morgan fingerprint density at radius 1 is 1.21 bits per heavy atom. The van der Waals surface area contributed by atoms with Crippen molar-refractivity contribution in [3.8, 4) is 0 Å². The number of halogens is 1. The fraction of sp³-hybridized carbons (Fsp3) is 0.500. The highest BCUT2D eigenvalue weighted by Crippen LogP contribution is 2.37. The Hall–Kier alpha value is -2.18. The number of ketones is 1. The van der Waals surface area contributed by atoms with Crippen LogP contribution in [0.2, 0.25) is 5.02 Å². The van der Waals surface area contributed by atoms with E-state index in [-0.39, 0.29) is 11.8 Å². The molecule has 29 heavy (non-hydrogen) atoms. The number of aliphatic hydroxyl groups is 1. The number of carbonyl (C=O) groups is 2. The summed E-state index contributed by atoms with van der Waals surface area (Å²) in [6.07, 6.45) is 4.14. The molecular formula is C22H25ClN2O4. The Kier molecular flexibility index (Phi) is 5.49. The largest absolute Gasteiger partial charge is 0.481 e. The number of nitrogens with zero attached hydrogens (tertiary/aromatic N) is 2. The maximum atomic E-state index is 13.4. The summed E-state index contributed by atoms with van der Waals surface area (Å²) >= 11 is 6.33. The van der Waals surface area contributed by atoms with Gasteiger partial charge in [-0.05, 0) is 63.5 Å². The highest BCUT2D eigenvalue weighted by atomic mass is 35.5. The summed E-state index contributed by atoms with van der Waals surface area (Å²) in [4.78, 5) is 24.7. The number of carboxylic acid groups (broad SMARTS) is 1. The summed E-state index contributed by atoms with van der Waals surface area (Å²) < 4.78 is 1.90. The molecule has 4 rings (SSSR count). The van der Waals surface area contributed by atoms with E-state index >= 15 is 0 Å². The predicted molar refractivity (Wildman–Crippen MR) is 109 cm³/mol. The van der Waals surface area contributed by atoms with E-state index in [1.807, 2.05) is 23.7 Å². The Labute approximate surface area is 174 Å². The van der Waals surface area contributed by atoms with Crippen LogP contribution in [0.15, 0.2) is 18.2 Å². The van der Waals surface area contributed by atoms with Gasteiger partial charge in [-0.2, -0.15) is 5.10 Å². The lowest BCUT2D eigenvalue weighted by Gasteiger charge is -2.32. The minimum absolute atomic E-state index is 0.0960. The van der Waals surface area contributed by atoms with Gasteiger partial charge in [0.05, 0.1) is 23.1 Å². The van der Waals surface area contributed by atoms with Crippen LogP contribution in [0.3, 0.4) is 0 Å². The van der Waals surface area contributed by atoms with Crippen molar-refractivity contribution in [2.24, 2.45) is 5.92 Å². The van der Waals surface area contributed by atoms with Gasteiger partial charge in [0.1, 0.15) is 5.69 Å². The normalized spacial score (nSPS) is 24.2. The molecule has 2 aliphatic rings. The number of carbonyl (C=O) groups excluding carboxylic acids is 1. The van der Waals surface area contributed by atoms with Crippen molar-refractivity contribution in [3.05, 3.63) is 51.3 Å². The first-order valence-electron chi connectivity index (χ1n) is 10.2. The Morgan fingerprint density at radius 2 is 1.97 bits per heavy atom. The fourth-order valence-electron chi connectivity index (χ4n) is 4.78. The van der Waals surface area contributed by atoms with Crippen molar-refractivity contribution in [2.45, 2.75) is 64.0 Å². The minimum atomic E-state index is -0.955. The zero-order valence-corrected chi connectivity index (χ0v) is 17.2. The van der Waals surface area contributed by atoms with Crippen LogP contribution in [-0.4, -0.2) is 37.9 Å². The van der Waals surface area contributed by atoms with E-state index in [1.54, 1.807) is 6.07 Å². The lowest BCUT2D eigenvalue weighted by molar-refractivity contribution is -0.148. The molecule has 0 bridgehead atoms. The van der Waals surface area contributed by atoms with Crippen molar-refractivity contribution in [1.29, 1.82) is 0 Å². The number of aliphatic carboxylic acids is 1. The van der Waals surface area contributed by atoms with Gasteiger partial charge in [0.15, 0.2) is 0 Å². The molecule has 2 aromatic rings. The SMILES string of the molecule is Cc1cccc(Cl)c1C(=O)c1nn(C2CCC(C(=O)O)C(O)C2)c2c1CCCC2. The first-order valence-corrected chi connectivity index (χ1v) is 10.6. The van der Waals surface area contributed by atoms with Gasteiger partial charge in [0.25, 0.3) is 0 Å². The third-order valence-electron chi connectivity index (χ3n) is 6.32. The molecule has 1 aromatic heterocycles. The van der Waals surface area contributed by atoms with Gasteiger partial charge in [0, 0.05) is 16.8 Å². The molecule has 1 saturated carbocycles. The third kappa shape index (κ3) is 3.60. The number of hydrogen-bond acceptors (Lipinski definition) is 4. The zero-order valence-electron chi connectivity index (χ0n) is 16.4. The van der Waals surface area contributed by atoms with E-state index in [9.17, 15) is 19.8 Å². The van der Waals surface area contributed by atoms with Crippen molar-refractivity contribution < 1.29 is 19.8 Å². The summed E-state index contributed by atoms with van der Waals surface area (Å²) in [5.74, 6) is -1.85. The van der Waals surface area contributed by atoms with Gasteiger partial charge in [-0.3, -0.25) is 14.3 Å². The van der Waals surface area contributed by atoms with E-state index < -0.39 is 18.0 Å². The van der Waals surface area contributed by atoms with Crippen LogP contribution in [0.1, 0.15) is 71.0 Å². The molecule has 3 unspecified atom stereocenters. The Balaban J connectivity index is 1.72. The summed E-state index contributed by atoms with van der Waals surface area (Å²) in [5, 5.41) is 24.8. The van der Waals surface area contributed by atoms with E-state index in [1.165, 1.54) is 0 Å². The monoisotopic (exact) mass is 416 g/mol. The molecule has 3 atom stereocenters. The predicted octanol–water partition coefficient (Wildman–Crippen LogP) is 3.74. The van der Waals surface area contributed by atoms with Crippen molar-refractivity contribution in [1.82, 2.24) is 9.78 Å². The highest BCUT2D eigenvalue weighted by molar-refractivity contribution is 6.35. The number of rotatable bonds is 4. The van der Waals surface area contributed by atoms with Gasteiger partial charge in [-0.25, -0.2) is 0 Å². The maximum absolute atomic E-state index is 13.4. The third-order valence-corrected chi connectivity index (χ3v) is 6.64. The number of benzene rings is 1. The van der Waals surface area contributed by atoms with Gasteiger partial charge < -0.3 is 10.2 Å². The van der Waals surface area contributed by atoms with Crippen LogP contribution < -0.4 is 0 Å². The number of aromatic nitrogens is 2. The first kappa shape index (κ1) is 20.1. The summed E-state index contributed by atoms with van der Waals surface area (Å²) in [6, 6.07) is 5.31. The molecule has 0 saturated heterocycles. The lowest BCUT2D eigenvalue weighted by Crippen LogP contribution is -2.36. The standard InChI is InChI=1S/C22H25ClN2O4/c1-12-5-4-7-16(23)19(12)21(27)20-14-6-2-3-8-17(14)25(24-20)13-9-10-15(22(28)29)18(26)11-13/h4-5,7,13,15,18,26H,2-3,6,8-11H2,1H3,(H,28,29). The zero-order chi connectivity index (χ0) is 20.7. The fourth-order valence-corrected chi connectivity index (χ4v) is 5.09. The van der Waals surface area contributed by atoms with Crippen LogP contribution in [0, 0.1) is 12.8 Å². The van der Waals surface area contributed by atoms with Crippen LogP contribution in [0.4, 0.5) is 0 Å². The van der Waals surface area contributed by atoms with Crippen LogP contribution in [0.25, 0.3) is 0 Å². The average molecular weight is 417 g/mol. The minimum Gasteiger partial charge on any atom is -0.481 e. The van der Waals surface area contributed by atoms with E-state index in [4.69, 9.17) is 16.7 Å². The Morgan fingerprint density at radius 3 is 2.66 bits per heavy atom. The number of carboxylic acids is 1. The quantitative estimate of drug-likeness (QED) is 0.740. The second-order valence-corrected chi connectivity index (χ2v) is 8.57. The van der Waals surface area contributed by atoms with Crippen molar-refractivity contribution in [3.63, 3.8) is 0 Å². The van der Waals surface area contributed by atoms with E-state index in [0.717, 1.165) is 42.5 Å². The molecular weight excluding hydrogens is 392 g/mol. The van der Waals surface area contributed by atoms with Gasteiger partial charge in [0.2, 0.25) is 5.78 Å². The van der Waals surface area contributed by atoms with Crippen LogP contribution >= 0.6 is 11.6 Å². The van der Waals surface area contributed by atoms with Crippen molar-refractivity contribution >= 4 is 23.4 Å². The van der Waals surface area contributed by atoms with E-state index in [0.29, 0.717) is 35.5 Å². The molecule has 2 aliphatic carbocycles. The smallest absolute Gasteiger partial charge is 0.309 e. The van der Waals surface area contributed by atoms with Gasteiger partial charge in [-0.1, -0.05) is 23.7 Å². The van der Waals surface area contributed by atoms with Gasteiger partial charge >= 0.3 is 5.97 Å². The molecule has 0 aliphatic heterocycles. The second kappa shape index (κ2) is 7.92. The molecule has 154 valence electrons. The first-order chi connectivity index (χ1) is 13.9. The Bertz CT molecular complexity index is 948. The van der Waals surface area contributed by atoms with Crippen LogP contribution in [0.5, 0.6) is 0 Å². The lowest BCUT2D eigenvalue weighted by atomic mass is 9.83. The number of aryl methyl sites for hydroxylation is 1. The van der Waals surface area contributed by atoms with E-state index in [2.05, 4.69) is 0 Å². The highest BCUT2D eigenvalue weighted by Gasteiger charge is 2.37. The number of fused-ring (bicyclic) bond motifs is 1. The summed E-state index contributed by atoms with van der Waals surface area (Å²) in [7, 11) is 0.